The monoisotopic (exact) mass is 430 g/mol. The zero-order valence-corrected chi connectivity index (χ0v) is 18.7. The van der Waals surface area contributed by atoms with Crippen LogP contribution in [0.5, 0.6) is 0 Å². The minimum Gasteiger partial charge on any atom is -0.348 e. The van der Waals surface area contributed by atoms with E-state index in [1.807, 2.05) is 12.1 Å². The van der Waals surface area contributed by atoms with E-state index < -0.39 is 10.0 Å². The summed E-state index contributed by atoms with van der Waals surface area (Å²) in [4.78, 5) is 17.4. The third-order valence-electron chi connectivity index (χ3n) is 5.34. The molecule has 30 heavy (non-hydrogen) atoms. The molecule has 1 fully saturated rings. The number of likely N-dealkylation sites (N-methyl/N-ethyl adjacent to an activating group) is 1. The lowest BCUT2D eigenvalue weighted by Crippen LogP contribution is -2.43. The Balaban J connectivity index is 1.57. The third-order valence-corrected chi connectivity index (χ3v) is 7.17. The van der Waals surface area contributed by atoms with Crippen molar-refractivity contribution in [1.82, 2.24) is 19.4 Å². The van der Waals surface area contributed by atoms with Crippen LogP contribution in [0.15, 0.2) is 53.4 Å². The van der Waals surface area contributed by atoms with Crippen LogP contribution in [0.2, 0.25) is 0 Å². The average molecular weight is 431 g/mol. The van der Waals surface area contributed by atoms with Crippen molar-refractivity contribution < 1.29 is 13.2 Å². The lowest BCUT2D eigenvalue weighted by molar-refractivity contribution is 0.0950. The van der Waals surface area contributed by atoms with Gasteiger partial charge in [0.25, 0.3) is 5.91 Å². The molecule has 1 amide bonds. The number of nitrogens with one attached hydrogen (secondary N) is 1. The molecule has 1 saturated heterocycles. The molecule has 2 aromatic carbocycles. The van der Waals surface area contributed by atoms with Gasteiger partial charge in [-0.2, -0.15) is 0 Å². The van der Waals surface area contributed by atoms with E-state index in [1.165, 1.54) is 43.9 Å². The van der Waals surface area contributed by atoms with Gasteiger partial charge in [0.1, 0.15) is 0 Å². The molecule has 1 aliphatic rings. The molecule has 0 aliphatic carbocycles. The largest absolute Gasteiger partial charge is 0.348 e. The number of carbonyl (C=O) groups is 1. The number of nitrogens with zero attached hydrogens (tertiary/aromatic N) is 3. The van der Waals surface area contributed by atoms with Gasteiger partial charge in [0.05, 0.1) is 4.90 Å². The van der Waals surface area contributed by atoms with Crippen molar-refractivity contribution in [3.05, 3.63) is 65.2 Å². The topological polar surface area (TPSA) is 73.0 Å². The van der Waals surface area contributed by atoms with Crippen LogP contribution in [0.3, 0.4) is 0 Å². The highest BCUT2D eigenvalue weighted by Crippen LogP contribution is 2.14. The van der Waals surface area contributed by atoms with Gasteiger partial charge in [-0.25, -0.2) is 12.7 Å². The predicted octanol–water partition coefficient (Wildman–Crippen LogP) is 1.61. The summed E-state index contributed by atoms with van der Waals surface area (Å²) in [5.41, 5.74) is 2.72. The summed E-state index contributed by atoms with van der Waals surface area (Å²) in [7, 11) is 1.61. The second-order valence-corrected chi connectivity index (χ2v) is 10.0. The first kappa shape index (κ1) is 22.4. The molecule has 7 nitrogen and oxygen atoms in total. The number of hydrogen-bond donors (Lipinski definition) is 1. The van der Waals surface area contributed by atoms with E-state index >= 15 is 0 Å². The molecule has 1 aliphatic heterocycles. The van der Waals surface area contributed by atoms with Gasteiger partial charge < -0.3 is 10.2 Å². The molecule has 0 atom stereocenters. The number of rotatable bonds is 7. The van der Waals surface area contributed by atoms with Crippen molar-refractivity contribution in [3.63, 3.8) is 0 Å². The fraction of sp³-hybridized carbons (Fsp3) is 0.409. The first-order chi connectivity index (χ1) is 14.3. The van der Waals surface area contributed by atoms with Crippen molar-refractivity contribution >= 4 is 15.9 Å². The van der Waals surface area contributed by atoms with Crippen LogP contribution in [-0.2, 0) is 23.1 Å². The fourth-order valence-corrected chi connectivity index (χ4v) is 4.28. The van der Waals surface area contributed by atoms with Crippen molar-refractivity contribution in [2.45, 2.75) is 18.0 Å². The van der Waals surface area contributed by atoms with Gasteiger partial charge in [0.15, 0.2) is 0 Å². The molecule has 0 aromatic heterocycles. The number of carbonyl (C=O) groups excluding carboxylic acids is 1. The van der Waals surface area contributed by atoms with Gasteiger partial charge in [0, 0.05) is 58.9 Å². The highest BCUT2D eigenvalue weighted by atomic mass is 32.2. The number of sulfonamides is 1. The van der Waals surface area contributed by atoms with Crippen molar-refractivity contribution in [3.8, 4) is 0 Å². The maximum absolute atomic E-state index is 12.5. The molecule has 1 N–H and O–H groups in total. The van der Waals surface area contributed by atoms with E-state index in [2.05, 4.69) is 34.3 Å². The van der Waals surface area contributed by atoms with Crippen LogP contribution >= 0.6 is 0 Å². The van der Waals surface area contributed by atoms with Crippen LogP contribution in [0.1, 0.15) is 21.5 Å². The quantitative estimate of drug-likeness (QED) is 0.723. The summed E-state index contributed by atoms with van der Waals surface area (Å²) in [5, 5.41) is 2.91. The molecule has 0 saturated carbocycles. The minimum absolute atomic E-state index is 0.167. The number of benzene rings is 2. The molecule has 2 aromatic rings. The Morgan fingerprint density at radius 2 is 1.63 bits per heavy atom. The van der Waals surface area contributed by atoms with Crippen LogP contribution in [0.4, 0.5) is 0 Å². The van der Waals surface area contributed by atoms with E-state index in [9.17, 15) is 13.2 Å². The highest BCUT2D eigenvalue weighted by molar-refractivity contribution is 7.89. The second kappa shape index (κ2) is 9.70. The van der Waals surface area contributed by atoms with Crippen LogP contribution in [0.25, 0.3) is 0 Å². The predicted molar refractivity (Wildman–Crippen MR) is 118 cm³/mol. The molecule has 8 heteroatoms. The average Bonchev–Trinajstić information content (AvgIpc) is 2.74. The number of hydrogen-bond acceptors (Lipinski definition) is 5. The second-order valence-electron chi connectivity index (χ2n) is 7.89. The van der Waals surface area contributed by atoms with E-state index in [0.29, 0.717) is 12.1 Å². The maximum atomic E-state index is 12.5. The Hall–Kier alpha value is -2.26. The molecule has 0 unspecified atom stereocenters. The lowest BCUT2D eigenvalue weighted by atomic mass is 10.1. The Bertz CT molecular complexity index is 966. The minimum atomic E-state index is -3.50. The third kappa shape index (κ3) is 5.66. The normalized spacial score (nSPS) is 16.0. The van der Waals surface area contributed by atoms with Gasteiger partial charge in [0.2, 0.25) is 10.0 Å². The Morgan fingerprint density at radius 3 is 2.27 bits per heavy atom. The Morgan fingerprint density at radius 1 is 1.00 bits per heavy atom. The van der Waals surface area contributed by atoms with Gasteiger partial charge in [-0.05, 0) is 42.4 Å². The van der Waals surface area contributed by atoms with E-state index in [4.69, 9.17) is 0 Å². The smallest absolute Gasteiger partial charge is 0.251 e. The summed E-state index contributed by atoms with van der Waals surface area (Å²) in [6.45, 7) is 5.65. The van der Waals surface area contributed by atoms with E-state index in [-0.39, 0.29) is 10.8 Å². The van der Waals surface area contributed by atoms with Gasteiger partial charge in [-0.15, -0.1) is 0 Å². The van der Waals surface area contributed by atoms with E-state index in [1.54, 1.807) is 0 Å². The molecule has 0 bridgehead atoms. The zero-order chi connectivity index (χ0) is 21.7. The Kier molecular flexibility index (Phi) is 7.25. The van der Waals surface area contributed by atoms with Gasteiger partial charge in [-0.3, -0.25) is 9.69 Å². The molecular formula is C22H30N4O3S. The van der Waals surface area contributed by atoms with Crippen molar-refractivity contribution in [2.75, 3.05) is 47.3 Å². The molecule has 162 valence electrons. The standard InChI is InChI=1S/C22H30N4O3S/c1-24(2)30(28,29)21-9-7-20(8-10-21)22(27)23-16-18-5-4-6-19(15-18)17-26-13-11-25(3)12-14-26/h4-10,15H,11-14,16-17H2,1-3H3,(H,23,27). The Labute approximate surface area is 179 Å². The first-order valence-electron chi connectivity index (χ1n) is 10.1. The molecule has 3 rings (SSSR count). The summed E-state index contributed by atoms with van der Waals surface area (Å²) in [5.74, 6) is -0.228. The lowest BCUT2D eigenvalue weighted by Gasteiger charge is -2.32. The highest BCUT2D eigenvalue weighted by Gasteiger charge is 2.17. The number of piperazine rings is 1. The van der Waals surface area contributed by atoms with Gasteiger partial charge in [-0.1, -0.05) is 24.3 Å². The summed E-state index contributed by atoms with van der Waals surface area (Å²) >= 11 is 0. The SMILES string of the molecule is CN1CCN(Cc2cccc(CNC(=O)c3ccc(S(=O)(=O)N(C)C)cc3)c2)CC1. The van der Waals surface area contributed by atoms with Crippen molar-refractivity contribution in [2.24, 2.45) is 0 Å². The summed E-state index contributed by atoms with van der Waals surface area (Å²) in [6, 6.07) is 14.3. The number of amides is 1. The fourth-order valence-electron chi connectivity index (χ4n) is 3.38. The zero-order valence-electron chi connectivity index (χ0n) is 17.8. The van der Waals surface area contributed by atoms with Crippen LogP contribution in [-0.4, -0.2) is 75.8 Å². The van der Waals surface area contributed by atoms with Crippen LogP contribution in [0, 0.1) is 0 Å². The van der Waals surface area contributed by atoms with E-state index in [0.717, 1.165) is 42.6 Å². The molecule has 1 heterocycles. The van der Waals surface area contributed by atoms with Gasteiger partial charge >= 0.3 is 0 Å². The first-order valence-corrected chi connectivity index (χ1v) is 11.5. The molecule has 0 spiro atoms. The molecule has 0 radical (unpaired) electrons. The van der Waals surface area contributed by atoms with Crippen LogP contribution < -0.4 is 5.32 Å². The summed E-state index contributed by atoms with van der Waals surface area (Å²) < 4.78 is 25.4. The maximum Gasteiger partial charge on any atom is 0.251 e. The summed E-state index contributed by atoms with van der Waals surface area (Å²) in [6.07, 6.45) is 0. The van der Waals surface area contributed by atoms with Crippen molar-refractivity contribution in [1.29, 1.82) is 0 Å². The molecular weight excluding hydrogens is 400 g/mol.